The molecule has 1 aliphatic rings. The number of nitrogens with zero attached hydrogens (tertiary/aromatic N) is 2. The summed E-state index contributed by atoms with van der Waals surface area (Å²) in [6, 6.07) is 1.92. The predicted octanol–water partition coefficient (Wildman–Crippen LogP) is 2.57. The molecule has 8 heteroatoms. The number of aromatic hydroxyl groups is 1. The normalized spacial score (nSPS) is 14.5. The number of rotatable bonds is 4. The highest BCUT2D eigenvalue weighted by atomic mass is 19.1. The molecule has 2 heterocycles. The molecule has 0 unspecified atom stereocenters. The summed E-state index contributed by atoms with van der Waals surface area (Å²) in [5.74, 6) is -1.96. The van der Waals surface area contributed by atoms with Crippen molar-refractivity contribution in [1.82, 2.24) is 4.98 Å². The minimum absolute atomic E-state index is 0.0123. The summed E-state index contributed by atoms with van der Waals surface area (Å²) in [5, 5.41) is 11.8. The van der Waals surface area contributed by atoms with E-state index >= 15 is 0 Å². The lowest BCUT2D eigenvalue weighted by Gasteiger charge is -2.25. The molecule has 1 amide bonds. The number of phenolic OH excluding ortho intramolecular Hbond substituents is 1. The molecule has 24 heavy (non-hydrogen) atoms. The summed E-state index contributed by atoms with van der Waals surface area (Å²) < 4.78 is 19.0. The van der Waals surface area contributed by atoms with Crippen molar-refractivity contribution in [1.29, 1.82) is 0 Å². The summed E-state index contributed by atoms with van der Waals surface area (Å²) in [6.07, 6.45) is 5.12. The largest absolute Gasteiger partial charge is 0.504 e. The number of carbonyl (C=O) groups excluding carboxylic acids is 2. The van der Waals surface area contributed by atoms with Crippen LogP contribution in [0.4, 0.5) is 16.3 Å². The summed E-state index contributed by atoms with van der Waals surface area (Å²) >= 11 is 0. The Morgan fingerprint density at radius 1 is 1.33 bits per heavy atom. The van der Waals surface area contributed by atoms with Gasteiger partial charge < -0.3 is 14.4 Å². The van der Waals surface area contributed by atoms with Crippen LogP contribution in [0.25, 0.3) is 0 Å². The summed E-state index contributed by atoms with van der Waals surface area (Å²) in [4.78, 5) is 29.0. The molecule has 2 aromatic rings. The molecule has 1 aromatic heterocycles. The Balaban J connectivity index is 1.74. The van der Waals surface area contributed by atoms with E-state index in [9.17, 15) is 19.1 Å². The number of amides is 1. The van der Waals surface area contributed by atoms with Crippen molar-refractivity contribution in [3.05, 3.63) is 35.3 Å². The van der Waals surface area contributed by atoms with E-state index in [4.69, 9.17) is 4.42 Å². The van der Waals surface area contributed by atoms with Gasteiger partial charge >= 0.3 is 6.01 Å². The number of halogens is 1. The molecule has 0 bridgehead atoms. The Kier molecular flexibility index (Phi) is 4.45. The fourth-order valence-electron chi connectivity index (χ4n) is 2.59. The number of nitrogens with one attached hydrogen (secondary N) is 1. The Hall–Kier alpha value is -2.90. The molecule has 1 fully saturated rings. The zero-order valence-electron chi connectivity index (χ0n) is 12.8. The van der Waals surface area contributed by atoms with Crippen LogP contribution in [0.3, 0.4) is 0 Å². The van der Waals surface area contributed by atoms with Crippen LogP contribution in [0.1, 0.15) is 40.0 Å². The highest BCUT2D eigenvalue weighted by molar-refractivity contribution is 6.04. The van der Waals surface area contributed by atoms with E-state index in [2.05, 4.69) is 10.3 Å². The summed E-state index contributed by atoms with van der Waals surface area (Å²) in [7, 11) is 0. The quantitative estimate of drug-likeness (QED) is 0.835. The third kappa shape index (κ3) is 3.22. The lowest BCUT2D eigenvalue weighted by molar-refractivity contribution is 0.102. The summed E-state index contributed by atoms with van der Waals surface area (Å²) in [6.45, 7) is 1.74. The molecule has 1 aliphatic heterocycles. The Morgan fingerprint density at radius 3 is 2.79 bits per heavy atom. The highest BCUT2D eigenvalue weighted by Gasteiger charge is 2.18. The molecule has 126 valence electrons. The topological polar surface area (TPSA) is 95.7 Å². The first-order valence-corrected chi connectivity index (χ1v) is 7.58. The van der Waals surface area contributed by atoms with E-state index in [-0.39, 0.29) is 23.4 Å². The van der Waals surface area contributed by atoms with E-state index in [0.29, 0.717) is 5.88 Å². The lowest BCUT2D eigenvalue weighted by atomic mass is 10.1. The van der Waals surface area contributed by atoms with Gasteiger partial charge in [-0.15, -0.1) is 0 Å². The number of hydrogen-bond donors (Lipinski definition) is 2. The van der Waals surface area contributed by atoms with Crippen LogP contribution in [-0.2, 0) is 0 Å². The Morgan fingerprint density at radius 2 is 2.08 bits per heavy atom. The van der Waals surface area contributed by atoms with Gasteiger partial charge in [0.05, 0.1) is 11.8 Å². The third-order valence-electron chi connectivity index (χ3n) is 3.86. The van der Waals surface area contributed by atoms with Gasteiger partial charge in [0.2, 0.25) is 5.88 Å². The van der Waals surface area contributed by atoms with Crippen molar-refractivity contribution in [2.24, 2.45) is 0 Å². The molecule has 3 rings (SSSR count). The number of hydrogen-bond acceptors (Lipinski definition) is 6. The Bertz CT molecular complexity index is 769. The van der Waals surface area contributed by atoms with Gasteiger partial charge in [-0.05, 0) is 31.4 Å². The molecular formula is C16H16FN3O4. The van der Waals surface area contributed by atoms with Crippen LogP contribution in [0.2, 0.25) is 0 Å². The first-order valence-electron chi connectivity index (χ1n) is 7.58. The van der Waals surface area contributed by atoms with Gasteiger partial charge in [-0.2, -0.15) is 4.98 Å². The number of carbonyl (C=O) groups is 2. The van der Waals surface area contributed by atoms with E-state index in [1.165, 1.54) is 12.6 Å². The van der Waals surface area contributed by atoms with Crippen LogP contribution < -0.4 is 10.2 Å². The summed E-state index contributed by atoms with van der Waals surface area (Å²) in [5.41, 5.74) is -0.424. The number of anilines is 2. The maximum atomic E-state index is 13.5. The van der Waals surface area contributed by atoms with E-state index < -0.39 is 17.5 Å². The van der Waals surface area contributed by atoms with Crippen LogP contribution in [0, 0.1) is 5.82 Å². The molecule has 1 aromatic carbocycles. The van der Waals surface area contributed by atoms with Gasteiger partial charge in [-0.3, -0.25) is 14.9 Å². The fourth-order valence-corrected chi connectivity index (χ4v) is 2.59. The van der Waals surface area contributed by atoms with Crippen molar-refractivity contribution < 1.29 is 23.5 Å². The highest BCUT2D eigenvalue weighted by Crippen LogP contribution is 2.24. The van der Waals surface area contributed by atoms with Gasteiger partial charge in [0, 0.05) is 18.7 Å². The monoisotopic (exact) mass is 333 g/mol. The van der Waals surface area contributed by atoms with Gasteiger partial charge in [-0.1, -0.05) is 0 Å². The molecule has 0 spiro atoms. The second-order valence-corrected chi connectivity index (χ2v) is 5.52. The number of aldehydes is 1. The molecule has 0 saturated carbocycles. The zero-order chi connectivity index (χ0) is 17.1. The van der Waals surface area contributed by atoms with Crippen LogP contribution >= 0.6 is 0 Å². The van der Waals surface area contributed by atoms with Crippen molar-refractivity contribution in [2.75, 3.05) is 23.3 Å². The fraction of sp³-hybridized carbons (Fsp3) is 0.312. The number of aromatic nitrogens is 1. The van der Waals surface area contributed by atoms with E-state index in [1.807, 2.05) is 4.90 Å². The van der Waals surface area contributed by atoms with Crippen molar-refractivity contribution in [3.63, 3.8) is 0 Å². The van der Waals surface area contributed by atoms with Gasteiger partial charge in [0.1, 0.15) is 0 Å². The SMILES string of the molecule is O=Cc1cc(C(=O)Nc2ncc(N3CCCCC3)o2)cc(F)c1O. The molecular weight excluding hydrogens is 317 g/mol. The lowest BCUT2D eigenvalue weighted by Crippen LogP contribution is -2.28. The third-order valence-corrected chi connectivity index (χ3v) is 3.86. The average molecular weight is 333 g/mol. The predicted molar refractivity (Wildman–Crippen MR) is 84.0 cm³/mol. The second-order valence-electron chi connectivity index (χ2n) is 5.52. The van der Waals surface area contributed by atoms with Gasteiger partial charge in [0.25, 0.3) is 5.91 Å². The molecule has 0 aliphatic carbocycles. The van der Waals surface area contributed by atoms with Crippen LogP contribution in [0.5, 0.6) is 5.75 Å². The van der Waals surface area contributed by atoms with E-state index in [1.54, 1.807) is 0 Å². The Labute approximate surface area is 137 Å². The van der Waals surface area contributed by atoms with Gasteiger partial charge in [-0.25, -0.2) is 4.39 Å². The number of piperidine rings is 1. The maximum Gasteiger partial charge on any atom is 0.303 e. The van der Waals surface area contributed by atoms with Gasteiger partial charge in [0.15, 0.2) is 17.9 Å². The second kappa shape index (κ2) is 6.69. The molecule has 2 N–H and O–H groups in total. The number of benzene rings is 1. The van der Waals surface area contributed by atoms with E-state index in [0.717, 1.165) is 38.1 Å². The standard InChI is InChI=1S/C16H16FN3O4/c17-12-7-10(6-11(9-21)14(12)22)15(23)19-16-18-8-13(24-16)20-4-2-1-3-5-20/h6-9,22H,1-5H2,(H,18,19,23). The molecule has 7 nitrogen and oxygen atoms in total. The number of phenols is 1. The zero-order valence-corrected chi connectivity index (χ0v) is 12.8. The first kappa shape index (κ1) is 16.0. The molecule has 0 radical (unpaired) electrons. The maximum absolute atomic E-state index is 13.5. The first-order chi connectivity index (χ1) is 11.6. The van der Waals surface area contributed by atoms with Crippen molar-refractivity contribution in [3.8, 4) is 5.75 Å². The average Bonchev–Trinajstić information content (AvgIpc) is 3.06. The van der Waals surface area contributed by atoms with Crippen LogP contribution in [0.15, 0.2) is 22.7 Å². The molecule has 0 atom stereocenters. The minimum Gasteiger partial charge on any atom is -0.504 e. The minimum atomic E-state index is -1.05. The number of oxazole rings is 1. The smallest absolute Gasteiger partial charge is 0.303 e. The van der Waals surface area contributed by atoms with Crippen molar-refractivity contribution in [2.45, 2.75) is 19.3 Å². The van der Waals surface area contributed by atoms with Crippen molar-refractivity contribution >= 4 is 24.1 Å². The van der Waals surface area contributed by atoms with Crippen LogP contribution in [-0.4, -0.2) is 35.4 Å². The molecule has 1 saturated heterocycles.